The van der Waals surface area contributed by atoms with Gasteiger partial charge in [0, 0.05) is 78.2 Å². The van der Waals surface area contributed by atoms with Gasteiger partial charge < -0.3 is 25.0 Å². The molecule has 3 aromatic heterocycles. The lowest BCUT2D eigenvalue weighted by atomic mass is 10.0. The van der Waals surface area contributed by atoms with E-state index in [1.54, 1.807) is 32.6 Å². The third-order valence-corrected chi connectivity index (χ3v) is 7.90. The minimum atomic E-state index is -0.302. The van der Waals surface area contributed by atoms with Gasteiger partial charge in [0.1, 0.15) is 17.0 Å². The lowest BCUT2D eigenvalue weighted by Gasteiger charge is -2.29. The van der Waals surface area contributed by atoms with Gasteiger partial charge in [-0.3, -0.25) is 9.20 Å². The third-order valence-electron chi connectivity index (χ3n) is 7.14. The van der Waals surface area contributed by atoms with Crippen LogP contribution in [0.5, 0.6) is 5.75 Å². The molecule has 1 saturated heterocycles. The van der Waals surface area contributed by atoms with Crippen molar-refractivity contribution in [3.8, 4) is 28.3 Å². The van der Waals surface area contributed by atoms with E-state index in [0.717, 1.165) is 29.7 Å². The fourth-order valence-corrected chi connectivity index (χ4v) is 5.80. The third kappa shape index (κ3) is 4.98. The Morgan fingerprint density at radius 2 is 1.90 bits per heavy atom. The molecule has 10 nitrogen and oxygen atoms in total. The summed E-state index contributed by atoms with van der Waals surface area (Å²) < 4.78 is 12.9. The number of pyridine rings is 1. The molecule has 0 bridgehead atoms. The summed E-state index contributed by atoms with van der Waals surface area (Å²) in [4.78, 5) is 28.6. The van der Waals surface area contributed by atoms with Gasteiger partial charge in [0.05, 0.1) is 36.1 Å². The van der Waals surface area contributed by atoms with Crippen LogP contribution in [0.2, 0.25) is 10.0 Å². The number of rotatable bonds is 7. The van der Waals surface area contributed by atoms with E-state index < -0.39 is 0 Å². The zero-order valence-electron chi connectivity index (χ0n) is 22.9. The first-order valence-electron chi connectivity index (χ1n) is 13.2. The number of carbonyl (C=O) groups excluding carboxylic acids is 1. The smallest absolute Gasteiger partial charge is 0.247 e. The van der Waals surface area contributed by atoms with Crippen LogP contribution >= 0.6 is 23.2 Å². The second-order valence-electron chi connectivity index (χ2n) is 9.59. The van der Waals surface area contributed by atoms with Gasteiger partial charge in [-0.25, -0.2) is 15.0 Å². The molecule has 214 valence electrons. The molecule has 1 amide bonds. The van der Waals surface area contributed by atoms with E-state index in [0.29, 0.717) is 68.6 Å². The molecule has 1 aliphatic rings. The van der Waals surface area contributed by atoms with Crippen LogP contribution in [0.3, 0.4) is 0 Å². The average molecular weight is 604 g/mol. The Balaban J connectivity index is 1.52. The molecular formula is C30H27Cl2N7O3. The summed E-state index contributed by atoms with van der Waals surface area (Å²) in [5, 5.41) is 7.54. The molecule has 0 radical (unpaired) electrons. The Morgan fingerprint density at radius 1 is 1.10 bits per heavy atom. The zero-order valence-corrected chi connectivity index (χ0v) is 24.5. The highest BCUT2D eigenvalue weighted by Crippen LogP contribution is 2.46. The van der Waals surface area contributed by atoms with Gasteiger partial charge in [0.25, 0.3) is 0 Å². The number of anilines is 3. The van der Waals surface area contributed by atoms with Crippen LogP contribution in [0, 0.1) is 0 Å². The Morgan fingerprint density at radius 3 is 2.64 bits per heavy atom. The van der Waals surface area contributed by atoms with E-state index in [2.05, 4.69) is 27.1 Å². The van der Waals surface area contributed by atoms with Crippen molar-refractivity contribution in [2.45, 2.75) is 0 Å². The number of ether oxygens (including phenoxy) is 2. The highest BCUT2D eigenvalue weighted by molar-refractivity contribution is 6.42. The number of amides is 1. The fraction of sp³-hybridized carbons (Fsp3) is 0.200. The number of hydrogen-bond donors (Lipinski definition) is 2. The van der Waals surface area contributed by atoms with Crippen LogP contribution in [0.25, 0.3) is 39.2 Å². The van der Waals surface area contributed by atoms with Crippen molar-refractivity contribution in [2.75, 3.05) is 56.0 Å². The van der Waals surface area contributed by atoms with E-state index in [-0.39, 0.29) is 5.91 Å². The van der Waals surface area contributed by atoms with Crippen LogP contribution in [0.4, 0.5) is 17.1 Å². The number of imidazole rings is 1. The van der Waals surface area contributed by atoms with Crippen molar-refractivity contribution in [2.24, 2.45) is 0 Å². The number of halogens is 2. The van der Waals surface area contributed by atoms with Crippen LogP contribution < -0.4 is 20.3 Å². The van der Waals surface area contributed by atoms with Crippen molar-refractivity contribution in [1.82, 2.24) is 19.4 Å². The number of benzene rings is 2. The van der Waals surface area contributed by atoms with E-state index in [9.17, 15) is 4.79 Å². The molecule has 1 fully saturated rings. The molecule has 12 heteroatoms. The predicted octanol–water partition coefficient (Wildman–Crippen LogP) is 5.93. The normalized spacial score (nSPS) is 13.4. The molecule has 2 N–H and O–H groups in total. The summed E-state index contributed by atoms with van der Waals surface area (Å²) in [6, 6.07) is 9.47. The first-order valence-corrected chi connectivity index (χ1v) is 14.0. The molecule has 2 aromatic carbocycles. The molecule has 0 atom stereocenters. The molecule has 0 unspecified atom stereocenters. The quantitative estimate of drug-likeness (QED) is 0.220. The molecule has 42 heavy (non-hydrogen) atoms. The Bertz CT molecular complexity index is 1820. The van der Waals surface area contributed by atoms with Crippen LogP contribution in [-0.4, -0.2) is 65.7 Å². The number of nitrogens with zero attached hydrogens (tertiary/aromatic N) is 5. The maximum absolute atomic E-state index is 12.2. The van der Waals surface area contributed by atoms with Crippen LogP contribution in [-0.2, 0) is 9.53 Å². The molecule has 1 aliphatic heterocycles. The highest BCUT2D eigenvalue weighted by Gasteiger charge is 2.22. The summed E-state index contributed by atoms with van der Waals surface area (Å²) in [6.45, 7) is 6.30. The molecule has 4 heterocycles. The second-order valence-corrected chi connectivity index (χ2v) is 10.3. The largest absolute Gasteiger partial charge is 0.495 e. The summed E-state index contributed by atoms with van der Waals surface area (Å²) >= 11 is 13.6. The maximum Gasteiger partial charge on any atom is 0.247 e. The molecule has 0 spiro atoms. The van der Waals surface area contributed by atoms with Crippen LogP contribution in [0.1, 0.15) is 0 Å². The standard InChI is InChI=1S/C30H27Cl2N7O3/c1-4-24(40)36-19-11-17(12-20(14-19)38-7-9-42-10-8-38)28-35-16-18-13-21(30-34-5-6-39(30)29(18)37-28)25-26(31)22(33-2)15-23(41-3)27(25)32/h4-6,11-16,33H,1,7-10H2,2-3H3,(H,36,40). The first kappa shape index (κ1) is 27.8. The van der Waals surface area contributed by atoms with Crippen molar-refractivity contribution in [3.63, 3.8) is 0 Å². The fourth-order valence-electron chi connectivity index (χ4n) is 5.08. The lowest BCUT2D eigenvalue weighted by Crippen LogP contribution is -2.36. The number of hydrogen-bond acceptors (Lipinski definition) is 8. The Kier molecular flexibility index (Phi) is 7.59. The summed E-state index contributed by atoms with van der Waals surface area (Å²) in [6.07, 6.45) is 6.52. The van der Waals surface area contributed by atoms with Crippen molar-refractivity contribution in [3.05, 3.63) is 71.6 Å². The van der Waals surface area contributed by atoms with Gasteiger partial charge in [-0.15, -0.1) is 0 Å². The first-order chi connectivity index (χ1) is 20.4. The molecule has 0 aliphatic carbocycles. The SMILES string of the molecule is C=CC(=O)Nc1cc(-c2ncc3cc(-c4c(Cl)c(NC)cc(OC)c4Cl)c4nccn4c3n2)cc(N2CCOCC2)c1. The number of carbonyl (C=O) groups is 1. The predicted molar refractivity (Wildman–Crippen MR) is 167 cm³/mol. The minimum absolute atomic E-state index is 0.302. The van der Waals surface area contributed by atoms with Gasteiger partial charge in [-0.1, -0.05) is 29.8 Å². The summed E-state index contributed by atoms with van der Waals surface area (Å²) in [5.74, 6) is 0.671. The minimum Gasteiger partial charge on any atom is -0.495 e. The summed E-state index contributed by atoms with van der Waals surface area (Å²) in [5.41, 5.74) is 5.53. The van der Waals surface area contributed by atoms with Gasteiger partial charge in [0.15, 0.2) is 5.82 Å². The number of nitrogens with one attached hydrogen (secondary N) is 2. The van der Waals surface area contributed by atoms with E-state index in [1.165, 1.54) is 6.08 Å². The van der Waals surface area contributed by atoms with Gasteiger partial charge in [-0.2, -0.15) is 0 Å². The van der Waals surface area contributed by atoms with Crippen molar-refractivity contribution < 1.29 is 14.3 Å². The Hall–Kier alpha value is -4.38. The van der Waals surface area contributed by atoms with Crippen LogP contribution in [0.15, 0.2) is 61.6 Å². The molecular weight excluding hydrogens is 577 g/mol. The average Bonchev–Trinajstić information content (AvgIpc) is 3.52. The van der Waals surface area contributed by atoms with Crippen molar-refractivity contribution >= 4 is 62.9 Å². The molecule has 5 aromatic rings. The van der Waals surface area contributed by atoms with Gasteiger partial charge >= 0.3 is 0 Å². The lowest BCUT2D eigenvalue weighted by molar-refractivity contribution is -0.111. The Labute approximate surface area is 251 Å². The van der Waals surface area contributed by atoms with E-state index in [4.69, 9.17) is 42.6 Å². The zero-order chi connectivity index (χ0) is 29.4. The number of morpholine rings is 1. The van der Waals surface area contributed by atoms with Crippen molar-refractivity contribution in [1.29, 1.82) is 0 Å². The maximum atomic E-state index is 12.2. The number of fused-ring (bicyclic) bond motifs is 3. The molecule has 6 rings (SSSR count). The number of aromatic nitrogens is 4. The monoisotopic (exact) mass is 603 g/mol. The van der Waals surface area contributed by atoms with E-state index in [1.807, 2.05) is 34.9 Å². The second kappa shape index (κ2) is 11.5. The number of methoxy groups -OCH3 is 1. The van der Waals surface area contributed by atoms with E-state index >= 15 is 0 Å². The van der Waals surface area contributed by atoms with Gasteiger partial charge in [-0.05, 0) is 30.3 Å². The topological polar surface area (TPSA) is 106 Å². The highest BCUT2D eigenvalue weighted by atomic mass is 35.5. The van der Waals surface area contributed by atoms with Gasteiger partial charge in [0.2, 0.25) is 5.91 Å². The molecule has 0 saturated carbocycles. The summed E-state index contributed by atoms with van der Waals surface area (Å²) in [7, 11) is 3.34.